The third-order valence-electron chi connectivity index (χ3n) is 6.55. The van der Waals surface area contributed by atoms with E-state index in [0.29, 0.717) is 42.7 Å². The van der Waals surface area contributed by atoms with Gasteiger partial charge < -0.3 is 24.2 Å². The molecule has 1 aromatic carbocycles. The summed E-state index contributed by atoms with van der Waals surface area (Å²) in [6, 6.07) is 6.85. The number of rotatable bonds is 9. The zero-order chi connectivity index (χ0) is 27.9. The van der Waals surface area contributed by atoms with Crippen molar-refractivity contribution in [3.05, 3.63) is 75.1 Å². The van der Waals surface area contributed by atoms with E-state index in [-0.39, 0.29) is 30.5 Å². The number of benzene rings is 1. The Morgan fingerprint density at radius 2 is 2.10 bits per heavy atom. The van der Waals surface area contributed by atoms with Crippen LogP contribution in [-0.2, 0) is 16.1 Å². The van der Waals surface area contributed by atoms with E-state index in [0.717, 1.165) is 11.3 Å². The van der Waals surface area contributed by atoms with Gasteiger partial charge in [-0.05, 0) is 44.1 Å². The first-order chi connectivity index (χ1) is 18.8. The first-order valence-corrected chi connectivity index (χ1v) is 13.9. The Hall–Kier alpha value is -3.68. The molecule has 4 rings (SSSR count). The molecule has 2 amide bonds. The standard InChI is InChI=1S/C28H29ClN4O5S/c1-3-4-5-9-19(2)38-17-16-31-14-15-33-24(28(31)37)25(35)27(36)30-26(33)21-11-8-13-32(21)23(34)18-39-22-12-7-6-10-20(22)29/h1,4-7,9-10,12,21,35H,8,11,13-18H2,2H3/b5-4-,19-9+. The van der Waals surface area contributed by atoms with Gasteiger partial charge in [-0.1, -0.05) is 35.7 Å². The number of hydrogen-bond donors (Lipinski definition) is 1. The van der Waals surface area contributed by atoms with Crippen LogP contribution in [0.3, 0.4) is 0 Å². The fourth-order valence-electron chi connectivity index (χ4n) is 4.67. The fraction of sp³-hybridized carbons (Fsp3) is 0.357. The number of nitrogens with zero attached hydrogens (tertiary/aromatic N) is 4. The molecule has 1 atom stereocenters. The first kappa shape index (κ1) is 28.3. The zero-order valence-electron chi connectivity index (χ0n) is 21.5. The van der Waals surface area contributed by atoms with Crippen LogP contribution in [0.4, 0.5) is 0 Å². The highest BCUT2D eigenvalue weighted by molar-refractivity contribution is 8.00. The van der Waals surface area contributed by atoms with Crippen molar-refractivity contribution in [1.29, 1.82) is 0 Å². The molecule has 204 valence electrons. The molecule has 0 saturated carbocycles. The maximum Gasteiger partial charge on any atom is 0.315 e. The number of fused-ring (bicyclic) bond motifs is 1. The van der Waals surface area contributed by atoms with E-state index in [4.69, 9.17) is 22.8 Å². The van der Waals surface area contributed by atoms with Crippen LogP contribution in [-0.4, -0.2) is 68.3 Å². The number of likely N-dealkylation sites (tertiary alicyclic amines) is 1. The van der Waals surface area contributed by atoms with Crippen LogP contribution in [0.25, 0.3) is 0 Å². The van der Waals surface area contributed by atoms with E-state index in [1.54, 1.807) is 40.7 Å². The number of allylic oxidation sites excluding steroid dienone is 4. The van der Waals surface area contributed by atoms with Gasteiger partial charge in [0.15, 0.2) is 5.69 Å². The number of carbonyl (C=O) groups is 2. The number of hydrogen-bond acceptors (Lipinski definition) is 7. The van der Waals surface area contributed by atoms with Gasteiger partial charge in [0.05, 0.1) is 29.1 Å². The second-order valence-electron chi connectivity index (χ2n) is 9.03. The quantitative estimate of drug-likeness (QED) is 0.213. The molecule has 2 aromatic rings. The average molecular weight is 569 g/mol. The lowest BCUT2D eigenvalue weighted by molar-refractivity contribution is -0.129. The number of aromatic hydroxyl groups is 1. The van der Waals surface area contributed by atoms with E-state index < -0.39 is 23.3 Å². The summed E-state index contributed by atoms with van der Waals surface area (Å²) in [6.45, 7) is 3.45. The number of terminal acetylenes is 1. The minimum absolute atomic E-state index is 0.106. The molecule has 0 spiro atoms. The van der Waals surface area contributed by atoms with Crippen molar-refractivity contribution in [3.63, 3.8) is 0 Å². The van der Waals surface area contributed by atoms with Gasteiger partial charge in [0.1, 0.15) is 12.4 Å². The molecule has 1 saturated heterocycles. The lowest BCUT2D eigenvalue weighted by Crippen LogP contribution is -2.45. The molecule has 1 unspecified atom stereocenters. The Morgan fingerprint density at radius 1 is 1.31 bits per heavy atom. The predicted molar refractivity (Wildman–Crippen MR) is 150 cm³/mol. The van der Waals surface area contributed by atoms with Crippen LogP contribution in [0.2, 0.25) is 5.02 Å². The van der Waals surface area contributed by atoms with E-state index in [9.17, 15) is 19.5 Å². The van der Waals surface area contributed by atoms with Gasteiger partial charge in [-0.15, -0.1) is 18.2 Å². The second-order valence-corrected chi connectivity index (χ2v) is 10.5. The molecule has 1 N–H and O–H groups in total. The van der Waals surface area contributed by atoms with Crippen LogP contribution >= 0.6 is 23.4 Å². The largest absolute Gasteiger partial charge is 0.501 e. The highest BCUT2D eigenvalue weighted by atomic mass is 35.5. The molecule has 3 heterocycles. The van der Waals surface area contributed by atoms with Crippen LogP contribution in [0.15, 0.2) is 57.9 Å². The summed E-state index contributed by atoms with van der Waals surface area (Å²) in [5.74, 6) is 2.24. The number of halogens is 1. The average Bonchev–Trinajstić information content (AvgIpc) is 3.41. The van der Waals surface area contributed by atoms with Crippen molar-refractivity contribution in [2.45, 2.75) is 37.2 Å². The number of ether oxygens (including phenoxy) is 1. The SMILES string of the molecule is C#C/C=C\C=C(/C)OCCN1CCn2c(C3CCCN3C(=O)CSc3ccccc3Cl)nc(=O)c(O)c2C1=O. The molecule has 39 heavy (non-hydrogen) atoms. The maximum absolute atomic E-state index is 13.3. The van der Waals surface area contributed by atoms with Gasteiger partial charge >= 0.3 is 5.56 Å². The number of carbonyl (C=O) groups excluding carboxylic acids is 2. The van der Waals surface area contributed by atoms with E-state index in [1.165, 1.54) is 16.7 Å². The number of aromatic nitrogens is 2. The number of amides is 2. The smallest absolute Gasteiger partial charge is 0.315 e. The Kier molecular flexibility index (Phi) is 9.38. The van der Waals surface area contributed by atoms with Gasteiger partial charge in [-0.2, -0.15) is 4.98 Å². The lowest BCUT2D eigenvalue weighted by atomic mass is 10.1. The van der Waals surface area contributed by atoms with Crippen molar-refractivity contribution < 1.29 is 19.4 Å². The van der Waals surface area contributed by atoms with Crippen molar-refractivity contribution in [3.8, 4) is 18.1 Å². The van der Waals surface area contributed by atoms with Crippen LogP contribution in [0, 0.1) is 12.3 Å². The summed E-state index contributed by atoms with van der Waals surface area (Å²) in [6.07, 6.45) is 11.5. The summed E-state index contributed by atoms with van der Waals surface area (Å²) < 4.78 is 7.23. The minimum atomic E-state index is -0.883. The van der Waals surface area contributed by atoms with E-state index >= 15 is 0 Å². The van der Waals surface area contributed by atoms with Crippen LogP contribution in [0.1, 0.15) is 42.1 Å². The predicted octanol–water partition coefficient (Wildman–Crippen LogP) is 3.62. The molecule has 0 bridgehead atoms. The lowest BCUT2D eigenvalue weighted by Gasteiger charge is -2.33. The highest BCUT2D eigenvalue weighted by Crippen LogP contribution is 2.34. The molecule has 2 aliphatic heterocycles. The van der Waals surface area contributed by atoms with Crippen LogP contribution in [0.5, 0.6) is 5.75 Å². The molecule has 0 aliphatic carbocycles. The van der Waals surface area contributed by atoms with Gasteiger partial charge in [0.25, 0.3) is 5.91 Å². The maximum atomic E-state index is 13.3. The van der Waals surface area contributed by atoms with Crippen molar-refractivity contribution in [1.82, 2.24) is 19.4 Å². The van der Waals surface area contributed by atoms with E-state index in [1.807, 2.05) is 18.2 Å². The van der Waals surface area contributed by atoms with Gasteiger partial charge in [-0.3, -0.25) is 14.4 Å². The number of thioether (sulfide) groups is 1. The summed E-state index contributed by atoms with van der Waals surface area (Å²) in [5, 5.41) is 11.1. The summed E-state index contributed by atoms with van der Waals surface area (Å²) in [7, 11) is 0. The third-order valence-corrected chi connectivity index (χ3v) is 8.05. The minimum Gasteiger partial charge on any atom is -0.501 e. The summed E-state index contributed by atoms with van der Waals surface area (Å²) >= 11 is 7.58. The Bertz CT molecular complexity index is 1410. The van der Waals surface area contributed by atoms with Gasteiger partial charge in [0, 0.05) is 24.5 Å². The fourth-order valence-corrected chi connectivity index (χ4v) is 5.79. The van der Waals surface area contributed by atoms with Gasteiger partial charge in [-0.25, -0.2) is 0 Å². The molecule has 0 radical (unpaired) electrons. The molecule has 2 aliphatic rings. The third kappa shape index (κ3) is 6.49. The molecular formula is C28H29ClN4O5S. The Labute approximate surface area is 236 Å². The molecule has 11 heteroatoms. The highest BCUT2D eigenvalue weighted by Gasteiger charge is 2.37. The first-order valence-electron chi connectivity index (χ1n) is 12.5. The Balaban J connectivity index is 1.50. The summed E-state index contributed by atoms with van der Waals surface area (Å²) in [5.41, 5.74) is -0.989. The van der Waals surface area contributed by atoms with Crippen LogP contribution < -0.4 is 5.56 Å². The van der Waals surface area contributed by atoms with Crippen molar-refractivity contribution >= 4 is 35.2 Å². The van der Waals surface area contributed by atoms with Crippen molar-refractivity contribution in [2.24, 2.45) is 0 Å². The molecule has 9 nitrogen and oxygen atoms in total. The van der Waals surface area contributed by atoms with E-state index in [2.05, 4.69) is 10.9 Å². The molecular weight excluding hydrogens is 540 g/mol. The molecule has 1 fully saturated rings. The normalized spacial score (nSPS) is 17.4. The second kappa shape index (κ2) is 12.9. The molecule has 1 aromatic heterocycles. The van der Waals surface area contributed by atoms with Gasteiger partial charge in [0.2, 0.25) is 11.7 Å². The topological polar surface area (TPSA) is 105 Å². The zero-order valence-corrected chi connectivity index (χ0v) is 23.1. The summed E-state index contributed by atoms with van der Waals surface area (Å²) in [4.78, 5) is 47.3. The van der Waals surface area contributed by atoms with Crippen molar-refractivity contribution in [2.75, 3.05) is 32.0 Å². The Morgan fingerprint density at radius 3 is 2.87 bits per heavy atom. The monoisotopic (exact) mass is 568 g/mol.